The molecule has 0 bridgehead atoms. The van der Waals surface area contributed by atoms with Crippen molar-refractivity contribution >= 4 is 17.9 Å². The monoisotopic (exact) mass is 945 g/mol. The van der Waals surface area contributed by atoms with E-state index in [0.717, 1.165) is 128 Å². The van der Waals surface area contributed by atoms with Gasteiger partial charge in [-0.05, 0) is 116 Å². The zero-order chi connectivity index (χ0) is 49.3. The normalized spacial score (nSPS) is 12.8. The zero-order valence-electron chi connectivity index (χ0n) is 44.3. The molecule has 0 fully saturated rings. The van der Waals surface area contributed by atoms with Crippen LogP contribution in [0.5, 0.6) is 0 Å². The Morgan fingerprint density at radius 2 is 0.574 bits per heavy atom. The topological polar surface area (TPSA) is 78.9 Å². The molecule has 0 aliphatic carbocycles. The molecular weight excluding hydrogens is 841 g/mol. The van der Waals surface area contributed by atoms with Crippen LogP contribution in [0, 0.1) is 0 Å². The summed E-state index contributed by atoms with van der Waals surface area (Å²) >= 11 is 0. The van der Waals surface area contributed by atoms with E-state index < -0.39 is 6.10 Å². The Bertz CT molecular complexity index is 1360. The minimum absolute atomic E-state index is 0.0902. The zero-order valence-corrected chi connectivity index (χ0v) is 44.3. The Morgan fingerprint density at radius 1 is 0.309 bits per heavy atom. The Kier molecular flexibility index (Phi) is 52.9. The van der Waals surface area contributed by atoms with Crippen molar-refractivity contribution in [1.29, 1.82) is 0 Å². The number of hydrogen-bond donors (Lipinski definition) is 0. The maximum absolute atomic E-state index is 12.9. The number of esters is 3. The lowest BCUT2D eigenvalue weighted by Crippen LogP contribution is -2.30. The van der Waals surface area contributed by atoms with Crippen LogP contribution in [0.15, 0.2) is 97.2 Å². The molecule has 388 valence electrons. The first-order valence-electron chi connectivity index (χ1n) is 28.2. The highest BCUT2D eigenvalue weighted by Gasteiger charge is 2.19. The Labute approximate surface area is 419 Å². The summed E-state index contributed by atoms with van der Waals surface area (Å²) in [7, 11) is 0. The molecule has 6 heteroatoms. The van der Waals surface area contributed by atoms with Gasteiger partial charge in [-0.1, -0.05) is 221 Å². The molecule has 0 heterocycles. The molecule has 0 spiro atoms. The van der Waals surface area contributed by atoms with Gasteiger partial charge in [-0.25, -0.2) is 0 Å². The van der Waals surface area contributed by atoms with E-state index in [1.54, 1.807) is 0 Å². The number of unbranched alkanes of at least 4 members (excludes halogenated alkanes) is 23. The lowest BCUT2D eigenvalue weighted by Gasteiger charge is -2.18. The molecule has 0 saturated carbocycles. The van der Waals surface area contributed by atoms with Crippen molar-refractivity contribution in [2.45, 2.75) is 264 Å². The third-order valence-corrected chi connectivity index (χ3v) is 11.8. The van der Waals surface area contributed by atoms with Gasteiger partial charge in [0, 0.05) is 19.3 Å². The van der Waals surface area contributed by atoms with E-state index in [9.17, 15) is 14.4 Å². The summed E-state index contributed by atoms with van der Waals surface area (Å²) in [5, 5.41) is 0. The SMILES string of the molecule is CC/C=C\C/C=C\C/C=C\C/C=C\CCCCCCCCC(=O)OCC(COC(=O)CCCCCCCCC/C=C\C/C=C\CC)OC(=O)CCCCCCCCC/C=C\C/C=C\CCCCC. The molecule has 68 heavy (non-hydrogen) atoms. The van der Waals surface area contributed by atoms with Gasteiger partial charge in [-0.2, -0.15) is 0 Å². The molecule has 0 rings (SSSR count). The van der Waals surface area contributed by atoms with Crippen molar-refractivity contribution < 1.29 is 28.6 Å². The van der Waals surface area contributed by atoms with Crippen LogP contribution < -0.4 is 0 Å². The Hall–Kier alpha value is -3.67. The molecule has 0 aliphatic heterocycles. The second-order valence-electron chi connectivity index (χ2n) is 18.4. The van der Waals surface area contributed by atoms with E-state index in [1.807, 2.05) is 0 Å². The molecule has 0 N–H and O–H groups in total. The van der Waals surface area contributed by atoms with Crippen LogP contribution in [-0.2, 0) is 28.6 Å². The molecule has 0 aromatic carbocycles. The van der Waals surface area contributed by atoms with Crippen molar-refractivity contribution in [3.8, 4) is 0 Å². The van der Waals surface area contributed by atoms with Crippen LogP contribution in [0.2, 0.25) is 0 Å². The lowest BCUT2D eigenvalue weighted by molar-refractivity contribution is -0.167. The van der Waals surface area contributed by atoms with Crippen LogP contribution in [0.25, 0.3) is 0 Å². The minimum atomic E-state index is -0.792. The largest absolute Gasteiger partial charge is 0.462 e. The molecule has 0 aromatic heterocycles. The van der Waals surface area contributed by atoms with Crippen molar-refractivity contribution in [1.82, 2.24) is 0 Å². The number of carbonyl (C=O) groups is 3. The van der Waals surface area contributed by atoms with Crippen LogP contribution in [-0.4, -0.2) is 37.2 Å². The van der Waals surface area contributed by atoms with Crippen molar-refractivity contribution in [2.75, 3.05) is 13.2 Å². The fourth-order valence-electron chi connectivity index (χ4n) is 7.62. The third kappa shape index (κ3) is 53.3. The second kappa shape index (κ2) is 55.9. The molecule has 0 amide bonds. The van der Waals surface area contributed by atoms with Gasteiger partial charge in [0.25, 0.3) is 0 Å². The number of ether oxygens (including phenoxy) is 3. The molecule has 6 nitrogen and oxygen atoms in total. The Morgan fingerprint density at radius 3 is 0.897 bits per heavy atom. The summed E-state index contributed by atoms with van der Waals surface area (Å²) < 4.78 is 16.8. The van der Waals surface area contributed by atoms with Gasteiger partial charge < -0.3 is 14.2 Å². The van der Waals surface area contributed by atoms with E-state index in [4.69, 9.17) is 14.2 Å². The summed E-state index contributed by atoms with van der Waals surface area (Å²) in [6, 6.07) is 0. The van der Waals surface area contributed by atoms with E-state index in [0.29, 0.717) is 19.3 Å². The smallest absolute Gasteiger partial charge is 0.306 e. The number of rotatable bonds is 50. The van der Waals surface area contributed by atoms with Crippen molar-refractivity contribution in [3.63, 3.8) is 0 Å². The van der Waals surface area contributed by atoms with Gasteiger partial charge in [0.05, 0.1) is 0 Å². The van der Waals surface area contributed by atoms with E-state index in [-0.39, 0.29) is 31.1 Å². The highest BCUT2D eigenvalue weighted by molar-refractivity contribution is 5.71. The quantitative estimate of drug-likeness (QED) is 0.0262. The highest BCUT2D eigenvalue weighted by atomic mass is 16.6. The van der Waals surface area contributed by atoms with E-state index in [1.165, 1.54) is 89.9 Å². The lowest BCUT2D eigenvalue weighted by atomic mass is 10.1. The second-order valence-corrected chi connectivity index (χ2v) is 18.4. The molecule has 1 atom stereocenters. The predicted octanol–water partition coefficient (Wildman–Crippen LogP) is 18.9. The molecule has 0 aromatic rings. The fraction of sp³-hybridized carbons (Fsp3) is 0.694. The van der Waals surface area contributed by atoms with E-state index >= 15 is 0 Å². The fourth-order valence-corrected chi connectivity index (χ4v) is 7.62. The van der Waals surface area contributed by atoms with Crippen molar-refractivity contribution in [2.24, 2.45) is 0 Å². The first kappa shape index (κ1) is 64.3. The summed E-state index contributed by atoms with van der Waals surface area (Å²) in [5.41, 5.74) is 0. The van der Waals surface area contributed by atoms with E-state index in [2.05, 4.69) is 118 Å². The summed E-state index contributed by atoms with van der Waals surface area (Å²) in [4.78, 5) is 38.2. The van der Waals surface area contributed by atoms with Gasteiger partial charge in [-0.3, -0.25) is 14.4 Å². The van der Waals surface area contributed by atoms with Gasteiger partial charge in [0.2, 0.25) is 0 Å². The summed E-state index contributed by atoms with van der Waals surface area (Å²) in [6.45, 7) is 6.38. The minimum Gasteiger partial charge on any atom is -0.462 e. The van der Waals surface area contributed by atoms with Gasteiger partial charge in [0.15, 0.2) is 6.10 Å². The molecule has 0 saturated heterocycles. The van der Waals surface area contributed by atoms with Crippen LogP contribution in [0.3, 0.4) is 0 Å². The maximum atomic E-state index is 12.9. The number of hydrogen-bond acceptors (Lipinski definition) is 6. The average Bonchev–Trinajstić information content (AvgIpc) is 3.34. The number of carbonyl (C=O) groups excluding carboxylic acids is 3. The Balaban J connectivity index is 4.43. The molecular formula is C62H104O6. The maximum Gasteiger partial charge on any atom is 0.306 e. The predicted molar refractivity (Wildman–Crippen MR) is 293 cm³/mol. The number of allylic oxidation sites excluding steroid dienone is 16. The first-order valence-corrected chi connectivity index (χ1v) is 28.2. The molecule has 1 unspecified atom stereocenters. The first-order chi connectivity index (χ1) is 33.5. The van der Waals surface area contributed by atoms with Gasteiger partial charge >= 0.3 is 17.9 Å². The molecule has 0 radical (unpaired) electrons. The summed E-state index contributed by atoms with van der Waals surface area (Å²) in [6.07, 6.45) is 73.9. The van der Waals surface area contributed by atoms with Crippen LogP contribution in [0.1, 0.15) is 258 Å². The standard InChI is InChI=1S/C62H104O6/c1-4-7-10-13-16-19-22-25-28-30-31-33-34-37-40-43-46-49-52-55-61(64)67-58-59(57-66-60(63)54-51-48-45-42-39-36-27-24-21-18-15-12-9-6-3)68-62(65)56-53-50-47-44-41-38-35-32-29-26-23-20-17-14-11-8-5-2/h7,9-10,12,16-21,25-26,28-29,31,33,59H,4-6,8,11,13-15,22-24,27,30,32,34-58H2,1-3H3/b10-7-,12-9-,19-16-,20-17-,21-18-,28-25-,29-26-,33-31-. The third-order valence-electron chi connectivity index (χ3n) is 11.8. The van der Waals surface area contributed by atoms with Crippen LogP contribution >= 0.6 is 0 Å². The average molecular weight is 946 g/mol. The van der Waals surface area contributed by atoms with Crippen molar-refractivity contribution in [3.05, 3.63) is 97.2 Å². The molecule has 0 aliphatic rings. The van der Waals surface area contributed by atoms with Gasteiger partial charge in [0.1, 0.15) is 13.2 Å². The highest BCUT2D eigenvalue weighted by Crippen LogP contribution is 2.14. The summed E-state index contributed by atoms with van der Waals surface area (Å²) in [5.74, 6) is -0.918. The van der Waals surface area contributed by atoms with Crippen LogP contribution in [0.4, 0.5) is 0 Å². The van der Waals surface area contributed by atoms with Gasteiger partial charge in [-0.15, -0.1) is 0 Å².